The fourth-order valence-corrected chi connectivity index (χ4v) is 1.27. The lowest BCUT2D eigenvalue weighted by Crippen LogP contribution is -2.13. The molecule has 0 bridgehead atoms. The molecule has 15 heavy (non-hydrogen) atoms. The van der Waals surface area contributed by atoms with Gasteiger partial charge in [-0.3, -0.25) is 0 Å². The molecule has 1 aromatic rings. The molecule has 0 aromatic heterocycles. The molecular weight excluding hydrogens is 204 g/mol. The van der Waals surface area contributed by atoms with Crippen molar-refractivity contribution < 1.29 is 18.6 Å². The van der Waals surface area contributed by atoms with Crippen molar-refractivity contribution in [2.24, 2.45) is 5.73 Å². The van der Waals surface area contributed by atoms with E-state index in [1.807, 2.05) is 0 Å². The monoisotopic (exact) mass is 217 g/mol. The Bertz CT molecular complexity index is 331. The molecule has 0 unspecified atom stereocenters. The van der Waals surface area contributed by atoms with Gasteiger partial charge >= 0.3 is 0 Å². The molecular formula is C10H13F2NO2. The summed E-state index contributed by atoms with van der Waals surface area (Å²) in [5.74, 6) is 0.197. The van der Waals surface area contributed by atoms with Gasteiger partial charge in [0.1, 0.15) is 0 Å². The summed E-state index contributed by atoms with van der Waals surface area (Å²) in [6.45, 7) is 0. The average Bonchev–Trinajstić information content (AvgIpc) is 2.16. The van der Waals surface area contributed by atoms with Crippen LogP contribution in [0.3, 0.4) is 0 Å². The van der Waals surface area contributed by atoms with Crippen LogP contribution in [0.25, 0.3) is 0 Å². The van der Waals surface area contributed by atoms with Crippen molar-refractivity contribution in [3.8, 4) is 11.5 Å². The molecule has 0 aliphatic rings. The summed E-state index contributed by atoms with van der Waals surface area (Å²) in [7, 11) is 1.41. The van der Waals surface area contributed by atoms with Crippen LogP contribution in [0.4, 0.5) is 8.78 Å². The highest BCUT2D eigenvalue weighted by atomic mass is 19.3. The molecule has 1 atom stereocenters. The van der Waals surface area contributed by atoms with E-state index in [1.165, 1.54) is 19.2 Å². The van der Waals surface area contributed by atoms with E-state index in [9.17, 15) is 13.9 Å². The Balaban J connectivity index is 2.82. The number of benzene rings is 1. The van der Waals surface area contributed by atoms with Gasteiger partial charge in [0.25, 0.3) is 0 Å². The zero-order chi connectivity index (χ0) is 11.4. The highest BCUT2D eigenvalue weighted by Gasteiger charge is 2.14. The predicted molar refractivity (Wildman–Crippen MR) is 52.2 cm³/mol. The minimum absolute atomic E-state index is 0.0975. The van der Waals surface area contributed by atoms with Gasteiger partial charge in [-0.2, -0.15) is 0 Å². The lowest BCUT2D eigenvalue weighted by Gasteiger charge is -2.12. The Morgan fingerprint density at radius 3 is 2.60 bits per heavy atom. The first-order valence-electron chi connectivity index (χ1n) is 4.45. The number of rotatable bonds is 4. The Morgan fingerprint density at radius 1 is 1.47 bits per heavy atom. The Morgan fingerprint density at radius 2 is 2.13 bits per heavy atom. The summed E-state index contributed by atoms with van der Waals surface area (Å²) in [4.78, 5) is 0. The smallest absolute Gasteiger partial charge is 0.240 e. The molecule has 5 heteroatoms. The normalized spacial score (nSPS) is 12.9. The van der Waals surface area contributed by atoms with Crippen molar-refractivity contribution in [3.63, 3.8) is 0 Å². The van der Waals surface area contributed by atoms with E-state index in [0.29, 0.717) is 11.3 Å². The maximum Gasteiger partial charge on any atom is 0.240 e. The number of aromatic hydroxyl groups is 1. The van der Waals surface area contributed by atoms with Gasteiger partial charge in [0, 0.05) is 12.5 Å². The van der Waals surface area contributed by atoms with Gasteiger partial charge < -0.3 is 15.6 Å². The summed E-state index contributed by atoms with van der Waals surface area (Å²) in [5.41, 5.74) is 5.99. The van der Waals surface area contributed by atoms with E-state index in [4.69, 9.17) is 10.5 Å². The molecule has 1 rings (SSSR count). The topological polar surface area (TPSA) is 55.5 Å². The number of hydrogen-bond donors (Lipinski definition) is 2. The highest BCUT2D eigenvalue weighted by molar-refractivity contribution is 5.42. The van der Waals surface area contributed by atoms with Gasteiger partial charge in [-0.15, -0.1) is 0 Å². The summed E-state index contributed by atoms with van der Waals surface area (Å²) in [5, 5.41) is 9.41. The van der Waals surface area contributed by atoms with Crippen molar-refractivity contribution in [2.75, 3.05) is 7.11 Å². The zero-order valence-electron chi connectivity index (χ0n) is 8.28. The van der Waals surface area contributed by atoms with Crippen LogP contribution in [0.5, 0.6) is 11.5 Å². The van der Waals surface area contributed by atoms with Gasteiger partial charge in [-0.1, -0.05) is 6.07 Å². The Labute approximate surface area is 86.5 Å². The second-order valence-corrected chi connectivity index (χ2v) is 3.16. The molecule has 0 saturated carbocycles. The molecule has 0 spiro atoms. The van der Waals surface area contributed by atoms with Crippen molar-refractivity contribution in [1.29, 1.82) is 0 Å². The van der Waals surface area contributed by atoms with Crippen LogP contribution >= 0.6 is 0 Å². The van der Waals surface area contributed by atoms with Crippen LogP contribution < -0.4 is 10.5 Å². The number of alkyl halides is 2. The third-order valence-corrected chi connectivity index (χ3v) is 2.06. The van der Waals surface area contributed by atoms with Gasteiger partial charge in [0.05, 0.1) is 7.11 Å². The molecule has 84 valence electrons. The van der Waals surface area contributed by atoms with Crippen LogP contribution in [-0.4, -0.2) is 18.6 Å². The molecule has 3 N–H and O–H groups in total. The van der Waals surface area contributed by atoms with Gasteiger partial charge in [0.2, 0.25) is 6.43 Å². The van der Waals surface area contributed by atoms with E-state index < -0.39 is 18.9 Å². The minimum atomic E-state index is -2.45. The zero-order valence-corrected chi connectivity index (χ0v) is 8.28. The predicted octanol–water partition coefficient (Wildman–Crippen LogP) is 2.06. The molecule has 0 saturated heterocycles. The number of phenols is 1. The van der Waals surface area contributed by atoms with E-state index in [0.717, 1.165) is 0 Å². The summed E-state index contributed by atoms with van der Waals surface area (Å²) >= 11 is 0. The molecule has 0 amide bonds. The fraction of sp³-hybridized carbons (Fsp3) is 0.400. The molecule has 0 radical (unpaired) electrons. The largest absolute Gasteiger partial charge is 0.504 e. The lowest BCUT2D eigenvalue weighted by atomic mass is 10.0. The van der Waals surface area contributed by atoms with Crippen molar-refractivity contribution in [3.05, 3.63) is 23.8 Å². The molecule has 3 nitrogen and oxygen atoms in total. The Hall–Kier alpha value is -1.36. The summed E-state index contributed by atoms with van der Waals surface area (Å²) in [6.07, 6.45) is -2.88. The van der Waals surface area contributed by atoms with E-state index in [-0.39, 0.29) is 5.75 Å². The fourth-order valence-electron chi connectivity index (χ4n) is 1.27. The van der Waals surface area contributed by atoms with E-state index in [2.05, 4.69) is 0 Å². The minimum Gasteiger partial charge on any atom is -0.504 e. The maximum absolute atomic E-state index is 12.0. The molecule has 0 aliphatic carbocycles. The molecule has 1 aromatic carbocycles. The first-order chi connectivity index (χ1) is 7.04. The quantitative estimate of drug-likeness (QED) is 0.811. The number of phenolic OH excluding ortho intramolecular Hbond substituents is 1. The standard InChI is InChI=1S/C10H13F2NO2/c1-15-9-3-2-6(4-8(9)14)7(13)5-10(11)12/h2-4,7,10,14H,5,13H2,1H3/t7-/m0/s1. The number of ether oxygens (including phenoxy) is 1. The summed E-state index contributed by atoms with van der Waals surface area (Å²) in [6, 6.07) is 3.62. The lowest BCUT2D eigenvalue weighted by molar-refractivity contribution is 0.128. The third kappa shape index (κ3) is 3.06. The van der Waals surface area contributed by atoms with Gasteiger partial charge in [-0.05, 0) is 17.7 Å². The third-order valence-electron chi connectivity index (χ3n) is 2.06. The first kappa shape index (κ1) is 11.7. The molecule has 0 aliphatic heterocycles. The van der Waals surface area contributed by atoms with Gasteiger partial charge in [-0.25, -0.2) is 8.78 Å². The molecule has 0 heterocycles. The number of nitrogens with two attached hydrogens (primary N) is 1. The number of halogens is 2. The van der Waals surface area contributed by atoms with Crippen LogP contribution in [0.1, 0.15) is 18.0 Å². The second-order valence-electron chi connectivity index (χ2n) is 3.16. The number of hydrogen-bond acceptors (Lipinski definition) is 3. The first-order valence-corrected chi connectivity index (χ1v) is 4.45. The average molecular weight is 217 g/mol. The maximum atomic E-state index is 12.0. The SMILES string of the molecule is COc1ccc([C@@H](N)CC(F)F)cc1O. The van der Waals surface area contributed by atoms with Crippen LogP contribution in [0.2, 0.25) is 0 Å². The Kier molecular flexibility index (Phi) is 3.85. The van der Waals surface area contributed by atoms with Crippen LogP contribution in [0, 0.1) is 0 Å². The number of methoxy groups -OCH3 is 1. The van der Waals surface area contributed by atoms with Crippen LogP contribution in [-0.2, 0) is 0 Å². The molecule has 0 fully saturated rings. The van der Waals surface area contributed by atoms with Crippen molar-refractivity contribution in [1.82, 2.24) is 0 Å². The van der Waals surface area contributed by atoms with Crippen molar-refractivity contribution >= 4 is 0 Å². The summed E-state index contributed by atoms with van der Waals surface area (Å²) < 4.78 is 28.9. The highest BCUT2D eigenvalue weighted by Crippen LogP contribution is 2.29. The second kappa shape index (κ2) is 4.93. The van der Waals surface area contributed by atoms with E-state index in [1.54, 1.807) is 6.07 Å². The van der Waals surface area contributed by atoms with Crippen molar-refractivity contribution in [2.45, 2.75) is 18.9 Å². The van der Waals surface area contributed by atoms with Crippen LogP contribution in [0.15, 0.2) is 18.2 Å². The van der Waals surface area contributed by atoms with E-state index >= 15 is 0 Å². The van der Waals surface area contributed by atoms with Gasteiger partial charge in [0.15, 0.2) is 11.5 Å².